The minimum atomic E-state index is -0.187. The number of aliphatic imine (C=N–C) groups is 1. The number of aryl methyl sites for hydroxylation is 1. The maximum absolute atomic E-state index is 6.29. The molecule has 0 amide bonds. The van der Waals surface area contributed by atoms with Crippen LogP contribution in [0.4, 0.5) is 11.4 Å². The molecule has 6 heteroatoms. The summed E-state index contributed by atoms with van der Waals surface area (Å²) >= 11 is 12.6. The third kappa shape index (κ3) is 3.54. The maximum atomic E-state index is 6.29. The molecule has 0 saturated carbocycles. The Labute approximate surface area is 170 Å². The van der Waals surface area contributed by atoms with Crippen LogP contribution in [-0.4, -0.2) is 31.5 Å². The molecule has 1 fully saturated rings. The van der Waals surface area contributed by atoms with Crippen LogP contribution in [0.2, 0.25) is 10.0 Å². The molecule has 0 atom stereocenters. The van der Waals surface area contributed by atoms with Gasteiger partial charge in [-0.3, -0.25) is 4.99 Å². The summed E-state index contributed by atoms with van der Waals surface area (Å²) in [7, 11) is 2.07. The summed E-state index contributed by atoms with van der Waals surface area (Å²) in [6.07, 6.45) is 1.95. The Morgan fingerprint density at radius 2 is 1.85 bits per heavy atom. The van der Waals surface area contributed by atoms with E-state index in [0.29, 0.717) is 16.6 Å². The number of hydrogen-bond acceptors (Lipinski definition) is 3. The van der Waals surface area contributed by atoms with Gasteiger partial charge in [0.05, 0.1) is 33.5 Å². The fraction of sp³-hybridized carbons (Fsp3) is 0.381. The van der Waals surface area contributed by atoms with Crippen molar-refractivity contribution in [2.24, 2.45) is 4.99 Å². The number of nitrogens with one attached hydrogen (secondary N) is 2. The quantitative estimate of drug-likeness (QED) is 0.751. The molecule has 2 aliphatic heterocycles. The molecule has 4 rings (SSSR count). The number of fused-ring (bicyclic) bond motifs is 1. The van der Waals surface area contributed by atoms with Crippen LogP contribution >= 0.6 is 23.2 Å². The van der Waals surface area contributed by atoms with Gasteiger partial charge in [0, 0.05) is 7.05 Å². The fourth-order valence-corrected chi connectivity index (χ4v) is 4.42. The van der Waals surface area contributed by atoms with Crippen molar-refractivity contribution in [3.8, 4) is 0 Å². The number of halogens is 2. The van der Waals surface area contributed by atoms with Gasteiger partial charge in [-0.2, -0.15) is 0 Å². The van der Waals surface area contributed by atoms with Gasteiger partial charge < -0.3 is 15.5 Å². The van der Waals surface area contributed by atoms with Crippen LogP contribution in [0, 0.1) is 6.92 Å². The van der Waals surface area contributed by atoms with Gasteiger partial charge in [-0.25, -0.2) is 0 Å². The molecule has 0 unspecified atom stereocenters. The van der Waals surface area contributed by atoms with Crippen LogP contribution in [0.1, 0.15) is 24.0 Å². The highest BCUT2D eigenvalue weighted by molar-refractivity contribution is 6.42. The van der Waals surface area contributed by atoms with Gasteiger partial charge >= 0.3 is 0 Å². The first kappa shape index (κ1) is 18.6. The highest BCUT2D eigenvalue weighted by Gasteiger charge is 2.43. The second kappa shape index (κ2) is 7.34. The second-order valence-electron chi connectivity index (χ2n) is 7.43. The zero-order valence-electron chi connectivity index (χ0n) is 15.6. The van der Waals surface area contributed by atoms with Crippen LogP contribution in [0.3, 0.4) is 0 Å². The predicted octanol–water partition coefficient (Wildman–Crippen LogP) is 4.88. The lowest BCUT2D eigenvalue weighted by Gasteiger charge is -2.47. The van der Waals surface area contributed by atoms with Crippen molar-refractivity contribution in [1.29, 1.82) is 0 Å². The van der Waals surface area contributed by atoms with Gasteiger partial charge in [-0.1, -0.05) is 53.0 Å². The highest BCUT2D eigenvalue weighted by Crippen LogP contribution is 2.42. The van der Waals surface area contributed by atoms with Crippen molar-refractivity contribution in [3.05, 3.63) is 57.6 Å². The smallest absolute Gasteiger partial charge is 0.130 e. The molecule has 2 aromatic rings. The van der Waals surface area contributed by atoms with Crippen LogP contribution < -0.4 is 15.5 Å². The summed E-state index contributed by atoms with van der Waals surface area (Å²) in [5, 5.41) is 8.34. The number of nitrogens with zero attached hydrogens (tertiary/aromatic N) is 2. The van der Waals surface area contributed by atoms with E-state index in [4.69, 9.17) is 28.2 Å². The van der Waals surface area contributed by atoms with Crippen molar-refractivity contribution >= 4 is 40.4 Å². The molecule has 0 aliphatic carbocycles. The first-order valence-electron chi connectivity index (χ1n) is 9.31. The lowest BCUT2D eigenvalue weighted by Crippen LogP contribution is -2.60. The average molecular weight is 403 g/mol. The minimum absolute atomic E-state index is 0.187. The van der Waals surface area contributed by atoms with Crippen LogP contribution in [0.25, 0.3) is 0 Å². The number of anilines is 2. The van der Waals surface area contributed by atoms with E-state index in [2.05, 4.69) is 53.8 Å². The molecular weight excluding hydrogens is 379 g/mol. The lowest BCUT2D eigenvalue weighted by molar-refractivity contribution is 0.415. The SMILES string of the molecule is Cc1cccc(CN=C2N(C)c3cc(Cl)c(Cl)cc3NC23CCNCC3)c1. The van der Waals surface area contributed by atoms with Gasteiger partial charge in [0.1, 0.15) is 5.84 Å². The van der Waals surface area contributed by atoms with Gasteiger partial charge in [-0.05, 0) is 50.6 Å². The number of rotatable bonds is 2. The molecule has 2 aliphatic rings. The van der Waals surface area contributed by atoms with Crippen LogP contribution in [0.15, 0.2) is 41.4 Å². The number of piperidine rings is 1. The Kier molecular flexibility index (Phi) is 5.06. The molecule has 1 saturated heterocycles. The van der Waals surface area contributed by atoms with Gasteiger partial charge in [0.25, 0.3) is 0 Å². The van der Waals surface area contributed by atoms with E-state index in [0.717, 1.165) is 43.1 Å². The summed E-state index contributed by atoms with van der Waals surface area (Å²) in [4.78, 5) is 7.26. The molecule has 1 spiro atoms. The average Bonchev–Trinajstić information content (AvgIpc) is 2.64. The van der Waals surface area contributed by atoms with E-state index < -0.39 is 0 Å². The van der Waals surface area contributed by atoms with Crippen LogP contribution in [0.5, 0.6) is 0 Å². The first-order valence-corrected chi connectivity index (χ1v) is 10.1. The van der Waals surface area contributed by atoms with E-state index >= 15 is 0 Å². The molecule has 2 N–H and O–H groups in total. The van der Waals surface area contributed by atoms with Gasteiger partial charge in [-0.15, -0.1) is 0 Å². The maximum Gasteiger partial charge on any atom is 0.130 e. The minimum Gasteiger partial charge on any atom is -0.371 e. The van der Waals surface area contributed by atoms with Gasteiger partial charge in [0.2, 0.25) is 0 Å². The van der Waals surface area contributed by atoms with E-state index in [1.807, 2.05) is 12.1 Å². The van der Waals surface area contributed by atoms with E-state index in [-0.39, 0.29) is 5.54 Å². The van der Waals surface area contributed by atoms with E-state index in [1.165, 1.54) is 11.1 Å². The molecule has 4 nitrogen and oxygen atoms in total. The van der Waals surface area contributed by atoms with Crippen molar-refractivity contribution < 1.29 is 0 Å². The predicted molar refractivity (Wildman–Crippen MR) is 116 cm³/mol. The largest absolute Gasteiger partial charge is 0.371 e. The van der Waals surface area contributed by atoms with Crippen molar-refractivity contribution in [2.45, 2.75) is 31.8 Å². The molecule has 0 aromatic heterocycles. The third-order valence-electron chi connectivity index (χ3n) is 5.47. The molecule has 0 radical (unpaired) electrons. The fourth-order valence-electron chi connectivity index (χ4n) is 4.10. The Morgan fingerprint density at radius 3 is 2.59 bits per heavy atom. The molecule has 142 valence electrons. The zero-order valence-corrected chi connectivity index (χ0v) is 17.2. The summed E-state index contributed by atoms with van der Waals surface area (Å²) < 4.78 is 0. The van der Waals surface area contributed by atoms with Gasteiger partial charge in [0.15, 0.2) is 0 Å². The number of benzene rings is 2. The number of likely N-dealkylation sites (N-methyl/N-ethyl adjacent to an activating group) is 1. The third-order valence-corrected chi connectivity index (χ3v) is 6.19. The molecular formula is C21H24Cl2N4. The monoisotopic (exact) mass is 402 g/mol. The Balaban J connectivity index is 1.76. The van der Waals surface area contributed by atoms with Crippen molar-refractivity contribution in [1.82, 2.24) is 5.32 Å². The highest BCUT2D eigenvalue weighted by atomic mass is 35.5. The van der Waals surface area contributed by atoms with Crippen LogP contribution in [-0.2, 0) is 6.54 Å². The summed E-state index contributed by atoms with van der Waals surface area (Å²) in [6.45, 7) is 4.69. The topological polar surface area (TPSA) is 39.7 Å². The van der Waals surface area contributed by atoms with Crippen molar-refractivity contribution in [3.63, 3.8) is 0 Å². The lowest BCUT2D eigenvalue weighted by atomic mass is 9.83. The zero-order chi connectivity index (χ0) is 19.0. The Hall–Kier alpha value is -1.75. The summed E-state index contributed by atoms with van der Waals surface area (Å²) in [5.41, 5.74) is 4.32. The van der Waals surface area contributed by atoms with Crippen molar-refractivity contribution in [2.75, 3.05) is 30.4 Å². The Morgan fingerprint density at radius 1 is 1.11 bits per heavy atom. The molecule has 2 aromatic carbocycles. The first-order chi connectivity index (χ1) is 13.0. The second-order valence-corrected chi connectivity index (χ2v) is 8.24. The standard InChI is InChI=1S/C21H24Cl2N4/c1-14-4-3-5-15(10-14)13-25-20-21(6-8-24-9-7-21)26-18-11-16(22)17(23)12-19(18)27(20)2/h3-5,10-12,24,26H,6-9,13H2,1-2H3. The molecule has 0 bridgehead atoms. The number of hydrogen-bond donors (Lipinski definition) is 2. The van der Waals surface area contributed by atoms with E-state index in [9.17, 15) is 0 Å². The molecule has 2 heterocycles. The summed E-state index contributed by atoms with van der Waals surface area (Å²) in [5.74, 6) is 1.07. The number of amidine groups is 1. The Bertz CT molecular complexity index is 888. The van der Waals surface area contributed by atoms with E-state index in [1.54, 1.807) is 0 Å². The molecule has 27 heavy (non-hydrogen) atoms. The normalized spacial score (nSPS) is 19.9. The summed E-state index contributed by atoms with van der Waals surface area (Å²) in [6, 6.07) is 12.4.